The molecule has 162 valence electrons. The molecule has 1 aliphatic rings. The van der Waals surface area contributed by atoms with Gasteiger partial charge in [0.1, 0.15) is 0 Å². The number of carbonyl (C=O) groups is 1. The molecular weight excluding hydrogens is 398 g/mol. The predicted octanol–water partition coefficient (Wildman–Crippen LogP) is 4.12. The van der Waals surface area contributed by atoms with Crippen molar-refractivity contribution < 1.29 is 4.79 Å². The van der Waals surface area contributed by atoms with E-state index >= 15 is 0 Å². The second-order valence-corrected chi connectivity index (χ2v) is 8.43. The van der Waals surface area contributed by atoms with Gasteiger partial charge < -0.3 is 5.32 Å². The van der Waals surface area contributed by atoms with Crippen LogP contribution in [0.15, 0.2) is 72.9 Å². The Balaban J connectivity index is 1.22. The average Bonchev–Trinajstić information content (AvgIpc) is 3.22. The first-order valence-electron chi connectivity index (χ1n) is 11.2. The molecule has 1 fully saturated rings. The lowest BCUT2D eigenvalue weighted by atomic mass is 10.0. The highest BCUT2D eigenvalue weighted by Gasteiger charge is 2.23. The Kier molecular flexibility index (Phi) is 5.69. The summed E-state index contributed by atoms with van der Waals surface area (Å²) in [5.74, 6) is 0.658. The molecule has 3 heterocycles. The highest BCUT2D eigenvalue weighted by molar-refractivity contribution is 5.95. The first-order chi connectivity index (χ1) is 15.7. The summed E-state index contributed by atoms with van der Waals surface area (Å²) in [6.07, 6.45) is 3.56. The van der Waals surface area contributed by atoms with E-state index in [1.54, 1.807) is 10.9 Å². The van der Waals surface area contributed by atoms with Crippen LogP contribution in [0.25, 0.3) is 16.7 Å². The van der Waals surface area contributed by atoms with Crippen LogP contribution in [0.5, 0.6) is 0 Å². The van der Waals surface area contributed by atoms with Crippen molar-refractivity contribution in [2.45, 2.75) is 32.4 Å². The summed E-state index contributed by atoms with van der Waals surface area (Å²) in [5.41, 5.74) is 3.65. The largest absolute Gasteiger partial charge is 0.349 e. The number of aromatic nitrogens is 3. The number of carbonyl (C=O) groups excluding carboxylic acids is 1. The fourth-order valence-corrected chi connectivity index (χ4v) is 4.38. The zero-order valence-electron chi connectivity index (χ0n) is 18.2. The zero-order valence-corrected chi connectivity index (χ0v) is 18.2. The first-order valence-corrected chi connectivity index (χ1v) is 11.2. The van der Waals surface area contributed by atoms with E-state index in [2.05, 4.69) is 39.6 Å². The normalized spacial score (nSPS) is 15.2. The van der Waals surface area contributed by atoms with E-state index in [1.165, 1.54) is 5.56 Å². The van der Waals surface area contributed by atoms with Crippen molar-refractivity contribution in [2.24, 2.45) is 0 Å². The SMILES string of the molecule is Cc1c(C(=O)NC2CCN(Cc3ccccc3)CC2)cnn1-c1ccc2ccccc2n1. The van der Waals surface area contributed by atoms with Crippen LogP contribution in [0, 0.1) is 6.92 Å². The van der Waals surface area contributed by atoms with Gasteiger partial charge in [0.15, 0.2) is 5.82 Å². The fraction of sp³-hybridized carbons (Fsp3) is 0.269. The van der Waals surface area contributed by atoms with E-state index in [0.717, 1.165) is 54.9 Å². The number of likely N-dealkylation sites (tertiary alicyclic amines) is 1. The fourth-order valence-electron chi connectivity index (χ4n) is 4.38. The second-order valence-electron chi connectivity index (χ2n) is 8.43. The molecule has 2 aromatic heterocycles. The molecule has 2 aromatic carbocycles. The lowest BCUT2D eigenvalue weighted by Gasteiger charge is -2.32. The minimum absolute atomic E-state index is 0.0592. The monoisotopic (exact) mass is 425 g/mol. The van der Waals surface area contributed by atoms with Crippen LogP contribution in [0.4, 0.5) is 0 Å². The molecule has 0 radical (unpaired) electrons. The number of hydrogen-bond donors (Lipinski definition) is 1. The third-order valence-corrected chi connectivity index (χ3v) is 6.23. The van der Waals surface area contributed by atoms with E-state index in [0.29, 0.717) is 5.56 Å². The number of nitrogens with zero attached hydrogens (tertiary/aromatic N) is 4. The summed E-state index contributed by atoms with van der Waals surface area (Å²) in [7, 11) is 0. The average molecular weight is 426 g/mol. The van der Waals surface area contributed by atoms with Gasteiger partial charge in [-0.15, -0.1) is 0 Å². The molecule has 32 heavy (non-hydrogen) atoms. The van der Waals surface area contributed by atoms with Crippen LogP contribution >= 0.6 is 0 Å². The van der Waals surface area contributed by atoms with Gasteiger partial charge in [0.2, 0.25) is 0 Å². The topological polar surface area (TPSA) is 63.1 Å². The van der Waals surface area contributed by atoms with Gasteiger partial charge in [0.25, 0.3) is 5.91 Å². The lowest BCUT2D eigenvalue weighted by molar-refractivity contribution is 0.0908. The molecule has 6 nitrogen and oxygen atoms in total. The van der Waals surface area contributed by atoms with Gasteiger partial charge in [-0.05, 0) is 43.5 Å². The van der Waals surface area contributed by atoms with E-state index in [1.807, 2.05) is 49.4 Å². The number of piperidine rings is 1. The Morgan fingerprint density at radius 1 is 1.00 bits per heavy atom. The van der Waals surface area contributed by atoms with Crippen molar-refractivity contribution in [1.82, 2.24) is 25.0 Å². The minimum Gasteiger partial charge on any atom is -0.349 e. The van der Waals surface area contributed by atoms with Crippen LogP contribution in [0.2, 0.25) is 0 Å². The zero-order chi connectivity index (χ0) is 21.9. The van der Waals surface area contributed by atoms with Crippen LogP contribution in [-0.4, -0.2) is 44.7 Å². The summed E-state index contributed by atoms with van der Waals surface area (Å²) in [4.78, 5) is 20.1. The van der Waals surface area contributed by atoms with Crippen molar-refractivity contribution in [1.29, 1.82) is 0 Å². The smallest absolute Gasteiger partial charge is 0.254 e. The van der Waals surface area contributed by atoms with Gasteiger partial charge in [-0.2, -0.15) is 5.10 Å². The Morgan fingerprint density at radius 2 is 1.75 bits per heavy atom. The molecule has 1 aliphatic heterocycles. The maximum atomic E-state index is 13.0. The third kappa shape index (κ3) is 4.27. The molecule has 0 unspecified atom stereocenters. The summed E-state index contributed by atoms with van der Waals surface area (Å²) in [5, 5.41) is 8.75. The van der Waals surface area contributed by atoms with Gasteiger partial charge in [-0.3, -0.25) is 9.69 Å². The predicted molar refractivity (Wildman–Crippen MR) is 126 cm³/mol. The summed E-state index contributed by atoms with van der Waals surface area (Å²) >= 11 is 0. The molecule has 0 saturated carbocycles. The van der Waals surface area contributed by atoms with Crippen LogP contribution < -0.4 is 5.32 Å². The second kappa shape index (κ2) is 8.93. The highest BCUT2D eigenvalue weighted by Crippen LogP contribution is 2.18. The third-order valence-electron chi connectivity index (χ3n) is 6.23. The van der Waals surface area contributed by atoms with Gasteiger partial charge in [-0.25, -0.2) is 9.67 Å². The van der Waals surface area contributed by atoms with Gasteiger partial charge >= 0.3 is 0 Å². The van der Waals surface area contributed by atoms with E-state index in [4.69, 9.17) is 4.98 Å². The molecular formula is C26H27N5O. The molecule has 4 aromatic rings. The molecule has 0 bridgehead atoms. The summed E-state index contributed by atoms with van der Waals surface area (Å²) in [6, 6.07) is 22.7. The number of amides is 1. The molecule has 5 rings (SSSR count). The van der Waals surface area contributed by atoms with Crippen LogP contribution in [0.1, 0.15) is 34.5 Å². The van der Waals surface area contributed by atoms with E-state index in [9.17, 15) is 4.79 Å². The number of pyridine rings is 1. The molecule has 6 heteroatoms. The molecule has 1 N–H and O–H groups in total. The number of benzene rings is 2. The van der Waals surface area contributed by atoms with Gasteiger partial charge in [-0.1, -0.05) is 48.5 Å². The Bertz CT molecular complexity index is 1230. The molecule has 0 spiro atoms. The minimum atomic E-state index is -0.0592. The van der Waals surface area contributed by atoms with Crippen molar-refractivity contribution >= 4 is 16.8 Å². The van der Waals surface area contributed by atoms with Crippen LogP contribution in [0.3, 0.4) is 0 Å². The van der Waals surface area contributed by atoms with Crippen LogP contribution in [-0.2, 0) is 6.54 Å². The van der Waals surface area contributed by atoms with Gasteiger partial charge in [0.05, 0.1) is 23.0 Å². The Morgan fingerprint density at radius 3 is 2.56 bits per heavy atom. The molecule has 1 saturated heterocycles. The van der Waals surface area contributed by atoms with Crippen molar-refractivity contribution in [3.05, 3.63) is 89.7 Å². The summed E-state index contributed by atoms with van der Waals surface area (Å²) in [6.45, 7) is 4.85. The number of rotatable bonds is 5. The first kappa shape index (κ1) is 20.4. The quantitative estimate of drug-likeness (QED) is 0.522. The molecule has 0 atom stereocenters. The number of hydrogen-bond acceptors (Lipinski definition) is 4. The van der Waals surface area contributed by atoms with Crippen molar-refractivity contribution in [2.75, 3.05) is 13.1 Å². The summed E-state index contributed by atoms with van der Waals surface area (Å²) < 4.78 is 1.74. The van der Waals surface area contributed by atoms with E-state index in [-0.39, 0.29) is 11.9 Å². The van der Waals surface area contributed by atoms with E-state index < -0.39 is 0 Å². The molecule has 0 aliphatic carbocycles. The Labute approximate surface area is 187 Å². The van der Waals surface area contributed by atoms with Gasteiger partial charge in [0, 0.05) is 31.1 Å². The maximum Gasteiger partial charge on any atom is 0.254 e. The lowest BCUT2D eigenvalue weighted by Crippen LogP contribution is -2.44. The standard InChI is InChI=1S/C26H27N5O/c1-19-23(17-27-31(19)25-12-11-21-9-5-6-10-24(21)29-25)26(32)28-22-13-15-30(16-14-22)18-20-7-3-2-4-8-20/h2-12,17,22H,13-16,18H2,1H3,(H,28,32). The number of nitrogens with one attached hydrogen (secondary N) is 1. The number of para-hydroxylation sites is 1. The number of fused-ring (bicyclic) bond motifs is 1. The maximum absolute atomic E-state index is 13.0. The molecule has 1 amide bonds. The Hall–Kier alpha value is -3.51. The van der Waals surface area contributed by atoms with Crippen molar-refractivity contribution in [3.63, 3.8) is 0 Å². The highest BCUT2D eigenvalue weighted by atomic mass is 16.1. The van der Waals surface area contributed by atoms with Crippen molar-refractivity contribution in [3.8, 4) is 5.82 Å².